The molecule has 0 radical (unpaired) electrons. The molecule has 120 valence electrons. The van der Waals surface area contributed by atoms with Crippen LogP contribution in [0.5, 0.6) is 0 Å². The zero-order chi connectivity index (χ0) is 16.1. The number of Topliss-reactive ketones (excluding diaryl/α,β-unsaturated/α-hetero) is 1. The summed E-state index contributed by atoms with van der Waals surface area (Å²) in [6.45, 7) is 3.68. The topological polar surface area (TPSA) is 46.2 Å². The second-order valence-corrected chi connectivity index (χ2v) is 6.39. The summed E-state index contributed by atoms with van der Waals surface area (Å²) in [5.74, 6) is -0.995. The maximum absolute atomic E-state index is 13.7. The number of rotatable bonds is 5. The number of benzene rings is 1. The van der Waals surface area contributed by atoms with Gasteiger partial charge in [0.05, 0.1) is 11.6 Å². The number of halogens is 1. The molecule has 2 rings (SSSR count). The maximum atomic E-state index is 13.7. The number of amides is 1. The molecule has 1 N–H and O–H groups in total. The van der Waals surface area contributed by atoms with Crippen molar-refractivity contribution < 1.29 is 14.0 Å². The van der Waals surface area contributed by atoms with Gasteiger partial charge in [0.15, 0.2) is 5.78 Å². The van der Waals surface area contributed by atoms with Gasteiger partial charge in [0.25, 0.3) is 5.91 Å². The van der Waals surface area contributed by atoms with E-state index in [1.54, 1.807) is 12.1 Å². The summed E-state index contributed by atoms with van der Waals surface area (Å²) in [6, 6.07) is 5.37. The molecule has 0 spiro atoms. The van der Waals surface area contributed by atoms with E-state index in [2.05, 4.69) is 5.32 Å². The summed E-state index contributed by atoms with van der Waals surface area (Å²) >= 11 is 0. The Balaban J connectivity index is 2.17. The van der Waals surface area contributed by atoms with Crippen molar-refractivity contribution in [1.82, 2.24) is 5.32 Å². The first kappa shape index (κ1) is 16.7. The fourth-order valence-corrected chi connectivity index (χ4v) is 3.11. The average Bonchev–Trinajstić information content (AvgIpc) is 2.53. The number of ketones is 1. The quantitative estimate of drug-likeness (QED) is 0.901. The van der Waals surface area contributed by atoms with Crippen molar-refractivity contribution in [3.05, 3.63) is 35.6 Å². The lowest BCUT2D eigenvalue weighted by Gasteiger charge is -2.31. The summed E-state index contributed by atoms with van der Waals surface area (Å²) in [4.78, 5) is 24.8. The molecule has 3 nitrogen and oxygen atoms in total. The van der Waals surface area contributed by atoms with Crippen molar-refractivity contribution in [3.63, 3.8) is 0 Å². The van der Waals surface area contributed by atoms with Crippen LogP contribution < -0.4 is 5.32 Å². The van der Waals surface area contributed by atoms with E-state index in [1.165, 1.54) is 18.6 Å². The zero-order valence-corrected chi connectivity index (χ0v) is 13.3. The first-order chi connectivity index (χ1) is 10.5. The van der Waals surface area contributed by atoms with Gasteiger partial charge in [-0.05, 0) is 30.9 Å². The van der Waals surface area contributed by atoms with Crippen LogP contribution >= 0.6 is 0 Å². The SMILES string of the molecule is CC(C)C(=O)C(NC(=O)c1ccccc1F)C1CCCCC1. The fraction of sp³-hybridized carbons (Fsp3) is 0.556. The summed E-state index contributed by atoms with van der Waals surface area (Å²) < 4.78 is 13.7. The van der Waals surface area contributed by atoms with Crippen molar-refractivity contribution in [3.8, 4) is 0 Å². The summed E-state index contributed by atoms with van der Waals surface area (Å²) in [5.41, 5.74) is -0.000124. The second kappa shape index (κ2) is 7.52. The van der Waals surface area contributed by atoms with E-state index in [-0.39, 0.29) is 23.2 Å². The van der Waals surface area contributed by atoms with E-state index < -0.39 is 17.8 Å². The van der Waals surface area contributed by atoms with Crippen LogP contribution in [0, 0.1) is 17.7 Å². The monoisotopic (exact) mass is 305 g/mol. The number of carbonyl (C=O) groups is 2. The zero-order valence-electron chi connectivity index (χ0n) is 13.3. The van der Waals surface area contributed by atoms with Crippen LogP contribution in [0.15, 0.2) is 24.3 Å². The standard InChI is InChI=1S/C18H24FNO2/c1-12(2)17(21)16(13-8-4-3-5-9-13)20-18(22)14-10-6-7-11-15(14)19/h6-7,10-13,16H,3-5,8-9H2,1-2H3,(H,20,22). The molecule has 1 aliphatic rings. The highest BCUT2D eigenvalue weighted by Crippen LogP contribution is 2.28. The molecule has 0 aliphatic heterocycles. The molecule has 0 aromatic heterocycles. The lowest BCUT2D eigenvalue weighted by Crippen LogP contribution is -2.48. The molecule has 4 heteroatoms. The third kappa shape index (κ3) is 3.93. The van der Waals surface area contributed by atoms with E-state index in [9.17, 15) is 14.0 Å². The van der Waals surface area contributed by atoms with Crippen molar-refractivity contribution in [1.29, 1.82) is 0 Å². The molecular formula is C18H24FNO2. The predicted molar refractivity (Wildman–Crippen MR) is 84.1 cm³/mol. The molecule has 1 amide bonds. The Morgan fingerprint density at radius 2 is 1.77 bits per heavy atom. The minimum Gasteiger partial charge on any atom is -0.342 e. The van der Waals surface area contributed by atoms with Gasteiger partial charge in [-0.15, -0.1) is 0 Å². The van der Waals surface area contributed by atoms with Crippen molar-refractivity contribution in [2.75, 3.05) is 0 Å². The summed E-state index contributed by atoms with van der Waals surface area (Å²) in [5, 5.41) is 2.80. The van der Waals surface area contributed by atoms with Crippen LogP contribution in [0.25, 0.3) is 0 Å². The Hall–Kier alpha value is -1.71. The fourth-order valence-electron chi connectivity index (χ4n) is 3.11. The molecule has 1 aromatic rings. The van der Waals surface area contributed by atoms with Gasteiger partial charge in [0.1, 0.15) is 5.82 Å². The first-order valence-corrected chi connectivity index (χ1v) is 8.10. The van der Waals surface area contributed by atoms with Crippen LogP contribution in [0.2, 0.25) is 0 Å². The smallest absolute Gasteiger partial charge is 0.254 e. The Bertz CT molecular complexity index is 536. The second-order valence-electron chi connectivity index (χ2n) is 6.39. The lowest BCUT2D eigenvalue weighted by atomic mass is 9.80. The van der Waals surface area contributed by atoms with Gasteiger partial charge in [0, 0.05) is 5.92 Å². The lowest BCUT2D eigenvalue weighted by molar-refractivity contribution is -0.125. The first-order valence-electron chi connectivity index (χ1n) is 8.10. The van der Waals surface area contributed by atoms with Crippen LogP contribution in [-0.4, -0.2) is 17.7 Å². The molecule has 0 heterocycles. The van der Waals surface area contributed by atoms with Crippen LogP contribution in [0.4, 0.5) is 4.39 Å². The van der Waals surface area contributed by atoms with Gasteiger partial charge in [-0.25, -0.2) is 4.39 Å². The highest BCUT2D eigenvalue weighted by atomic mass is 19.1. The number of hydrogen-bond donors (Lipinski definition) is 1. The van der Waals surface area contributed by atoms with E-state index in [1.807, 2.05) is 13.8 Å². The summed E-state index contributed by atoms with van der Waals surface area (Å²) in [6.07, 6.45) is 5.24. The molecule has 1 unspecified atom stereocenters. The molecule has 1 saturated carbocycles. The largest absolute Gasteiger partial charge is 0.342 e. The van der Waals surface area contributed by atoms with E-state index >= 15 is 0 Å². The third-order valence-electron chi connectivity index (χ3n) is 4.40. The van der Waals surface area contributed by atoms with Crippen LogP contribution in [-0.2, 0) is 4.79 Å². The Morgan fingerprint density at radius 3 is 2.36 bits per heavy atom. The molecule has 0 bridgehead atoms. The summed E-state index contributed by atoms with van der Waals surface area (Å²) in [7, 11) is 0. The van der Waals surface area contributed by atoms with Gasteiger partial charge >= 0.3 is 0 Å². The number of carbonyl (C=O) groups excluding carboxylic acids is 2. The van der Waals surface area contributed by atoms with Crippen molar-refractivity contribution >= 4 is 11.7 Å². The third-order valence-corrected chi connectivity index (χ3v) is 4.40. The van der Waals surface area contributed by atoms with E-state index in [4.69, 9.17) is 0 Å². The Morgan fingerprint density at radius 1 is 1.14 bits per heavy atom. The molecule has 1 atom stereocenters. The normalized spacial score (nSPS) is 17.3. The van der Waals surface area contributed by atoms with Crippen LogP contribution in [0.1, 0.15) is 56.3 Å². The minimum atomic E-state index is -0.556. The van der Waals surface area contributed by atoms with Gasteiger partial charge in [0.2, 0.25) is 0 Å². The van der Waals surface area contributed by atoms with E-state index in [0.29, 0.717) is 0 Å². The van der Waals surface area contributed by atoms with Gasteiger partial charge in [-0.1, -0.05) is 45.2 Å². The molecule has 1 fully saturated rings. The van der Waals surface area contributed by atoms with Gasteiger partial charge < -0.3 is 5.32 Å². The number of hydrogen-bond acceptors (Lipinski definition) is 2. The molecule has 0 saturated heterocycles. The highest BCUT2D eigenvalue weighted by Gasteiger charge is 2.32. The van der Waals surface area contributed by atoms with E-state index in [0.717, 1.165) is 25.7 Å². The van der Waals surface area contributed by atoms with Crippen molar-refractivity contribution in [2.45, 2.75) is 52.0 Å². The van der Waals surface area contributed by atoms with Crippen LogP contribution in [0.3, 0.4) is 0 Å². The molecule has 1 aliphatic carbocycles. The van der Waals surface area contributed by atoms with Crippen molar-refractivity contribution in [2.24, 2.45) is 11.8 Å². The Kier molecular flexibility index (Phi) is 5.69. The number of nitrogens with one attached hydrogen (secondary N) is 1. The molecule has 22 heavy (non-hydrogen) atoms. The maximum Gasteiger partial charge on any atom is 0.254 e. The van der Waals surface area contributed by atoms with Gasteiger partial charge in [-0.3, -0.25) is 9.59 Å². The highest BCUT2D eigenvalue weighted by molar-refractivity contribution is 5.98. The molecule has 1 aromatic carbocycles. The molecular weight excluding hydrogens is 281 g/mol. The van der Waals surface area contributed by atoms with Gasteiger partial charge in [-0.2, -0.15) is 0 Å². The Labute approximate surface area is 131 Å². The predicted octanol–water partition coefficient (Wildman–Crippen LogP) is 3.73. The minimum absolute atomic E-state index is 0.000124. The average molecular weight is 305 g/mol.